The molecule has 42 heavy (non-hydrogen) atoms. The number of amides is 1. The number of alkyl halides is 3. The number of halogens is 4. The highest BCUT2D eigenvalue weighted by Gasteiger charge is 2.45. The van der Waals surface area contributed by atoms with Crippen LogP contribution in [0.25, 0.3) is 0 Å². The fraction of sp³-hybridized carbons (Fsp3) is 0.379. The average Bonchev–Trinajstić information content (AvgIpc) is 2.92. The van der Waals surface area contributed by atoms with E-state index < -0.39 is 58.6 Å². The van der Waals surface area contributed by atoms with Crippen molar-refractivity contribution in [1.82, 2.24) is 18.9 Å². The molecule has 0 aliphatic carbocycles. The van der Waals surface area contributed by atoms with Crippen molar-refractivity contribution in [3.63, 3.8) is 0 Å². The highest BCUT2D eigenvalue weighted by atomic mass is 19.4. The molecule has 0 bridgehead atoms. The summed E-state index contributed by atoms with van der Waals surface area (Å²) in [4.78, 5) is 55.7. The van der Waals surface area contributed by atoms with E-state index in [4.69, 9.17) is 0 Å². The van der Waals surface area contributed by atoms with Gasteiger partial charge in [0.1, 0.15) is 5.82 Å². The Morgan fingerprint density at radius 2 is 1.67 bits per heavy atom. The molecule has 1 amide bonds. The SMILES string of the molecule is CC(C)n1c(=O)c(OC(=O)C(F)(F)F)c2n(c1=O)C(CCN(C)Cc1ccccc1)CN(Cc1ccc(F)cc1)C2=O. The van der Waals surface area contributed by atoms with E-state index in [1.165, 1.54) is 43.0 Å². The van der Waals surface area contributed by atoms with Crippen LogP contribution in [0.3, 0.4) is 0 Å². The Morgan fingerprint density at radius 1 is 1.02 bits per heavy atom. The minimum atomic E-state index is -5.46. The Hall–Kier alpha value is -4.26. The van der Waals surface area contributed by atoms with Gasteiger partial charge in [-0.25, -0.2) is 14.0 Å². The van der Waals surface area contributed by atoms with Gasteiger partial charge in [-0.3, -0.25) is 18.7 Å². The number of fused-ring (bicyclic) bond motifs is 1. The number of hydrogen-bond donors (Lipinski definition) is 0. The summed E-state index contributed by atoms with van der Waals surface area (Å²) in [5.41, 5.74) is -1.42. The standard InChI is InChI=1S/C29H30F4N4O5/c1-18(2)36-26(39)24(42-27(40)29(31,32)33)23-25(38)35(16-20-9-11-21(30)12-10-20)17-22(37(23)28(36)41)13-14-34(3)15-19-7-5-4-6-8-19/h4-12,18,22H,13-17H2,1-3H3. The highest BCUT2D eigenvalue weighted by molar-refractivity contribution is 5.97. The summed E-state index contributed by atoms with van der Waals surface area (Å²) in [7, 11) is 1.85. The lowest BCUT2D eigenvalue weighted by molar-refractivity contribution is -0.189. The quantitative estimate of drug-likeness (QED) is 0.277. The summed E-state index contributed by atoms with van der Waals surface area (Å²) in [6, 6.07) is 13.2. The first-order valence-corrected chi connectivity index (χ1v) is 13.2. The van der Waals surface area contributed by atoms with Gasteiger partial charge >= 0.3 is 17.8 Å². The molecule has 2 aromatic carbocycles. The van der Waals surface area contributed by atoms with Gasteiger partial charge in [-0.1, -0.05) is 42.5 Å². The summed E-state index contributed by atoms with van der Waals surface area (Å²) in [5, 5.41) is 0. The Balaban J connectivity index is 1.80. The molecule has 0 radical (unpaired) electrons. The molecule has 1 unspecified atom stereocenters. The topological polar surface area (TPSA) is 93.8 Å². The number of rotatable bonds is 9. The van der Waals surface area contributed by atoms with Crippen molar-refractivity contribution < 1.29 is 31.9 Å². The van der Waals surface area contributed by atoms with Crippen molar-refractivity contribution >= 4 is 11.9 Å². The molecule has 13 heteroatoms. The van der Waals surface area contributed by atoms with E-state index in [9.17, 15) is 36.7 Å². The van der Waals surface area contributed by atoms with Crippen molar-refractivity contribution in [2.24, 2.45) is 0 Å². The molecule has 3 aromatic rings. The van der Waals surface area contributed by atoms with E-state index in [-0.39, 0.29) is 19.5 Å². The number of carbonyl (C=O) groups is 2. The second-order valence-corrected chi connectivity index (χ2v) is 10.5. The zero-order chi connectivity index (χ0) is 30.8. The van der Waals surface area contributed by atoms with Crippen molar-refractivity contribution in [2.75, 3.05) is 20.1 Å². The fourth-order valence-electron chi connectivity index (χ4n) is 4.93. The van der Waals surface area contributed by atoms with E-state index in [0.29, 0.717) is 23.2 Å². The lowest BCUT2D eigenvalue weighted by Gasteiger charge is -2.37. The van der Waals surface area contributed by atoms with Gasteiger partial charge in [0.15, 0.2) is 5.69 Å². The molecule has 224 valence electrons. The highest BCUT2D eigenvalue weighted by Crippen LogP contribution is 2.30. The Bertz CT molecular complexity index is 1570. The number of carbonyl (C=O) groups excluding carboxylic acids is 2. The second kappa shape index (κ2) is 12.3. The molecule has 0 saturated heterocycles. The van der Waals surface area contributed by atoms with E-state index in [0.717, 1.165) is 10.1 Å². The number of esters is 1. The summed E-state index contributed by atoms with van der Waals surface area (Å²) >= 11 is 0. The van der Waals surface area contributed by atoms with Crippen LogP contribution in [0.1, 0.15) is 54.0 Å². The lowest BCUT2D eigenvalue weighted by Crippen LogP contribution is -2.53. The third-order valence-corrected chi connectivity index (χ3v) is 6.94. The van der Waals surface area contributed by atoms with Crippen LogP contribution in [0.2, 0.25) is 0 Å². The number of ether oxygens (including phenoxy) is 1. The van der Waals surface area contributed by atoms with E-state index in [1.54, 1.807) is 0 Å². The zero-order valence-corrected chi connectivity index (χ0v) is 23.2. The predicted octanol–water partition coefficient (Wildman–Crippen LogP) is 3.92. The molecule has 1 aliphatic rings. The van der Waals surface area contributed by atoms with Crippen molar-refractivity contribution in [1.29, 1.82) is 0 Å². The Kier molecular flexibility index (Phi) is 9.00. The van der Waals surface area contributed by atoms with Crippen molar-refractivity contribution in [3.05, 3.63) is 98.1 Å². The molecule has 4 rings (SSSR count). The maximum absolute atomic E-state index is 13.7. The monoisotopic (exact) mass is 590 g/mol. The molecule has 1 aliphatic heterocycles. The molecule has 1 atom stereocenters. The summed E-state index contributed by atoms with van der Waals surface area (Å²) < 4.78 is 59.3. The average molecular weight is 591 g/mol. The first kappa shape index (κ1) is 30.7. The van der Waals surface area contributed by atoms with Gasteiger partial charge in [0.05, 0.1) is 6.04 Å². The molecule has 1 aromatic heterocycles. The van der Waals surface area contributed by atoms with Gasteiger partial charge in [-0.15, -0.1) is 0 Å². The largest absolute Gasteiger partial charge is 0.491 e. The Labute approximate surface area is 238 Å². The third kappa shape index (κ3) is 6.62. The molecule has 0 fully saturated rings. The molecule has 9 nitrogen and oxygen atoms in total. The van der Waals surface area contributed by atoms with Crippen LogP contribution < -0.4 is 16.0 Å². The maximum atomic E-state index is 13.7. The third-order valence-electron chi connectivity index (χ3n) is 6.94. The number of aromatic nitrogens is 2. The number of hydrogen-bond acceptors (Lipinski definition) is 6. The van der Waals surface area contributed by atoms with E-state index in [2.05, 4.69) is 4.74 Å². The molecular formula is C29H30F4N4O5. The normalized spacial score (nSPS) is 15.3. The van der Waals surface area contributed by atoms with Gasteiger partial charge in [0, 0.05) is 32.2 Å². The Morgan fingerprint density at radius 3 is 2.26 bits per heavy atom. The number of nitrogens with zero attached hydrogens (tertiary/aromatic N) is 4. The smallest absolute Gasteiger partial charge is 0.411 e. The zero-order valence-electron chi connectivity index (χ0n) is 23.2. The number of benzene rings is 2. The first-order chi connectivity index (χ1) is 19.8. The van der Waals surface area contributed by atoms with Gasteiger partial charge in [-0.2, -0.15) is 13.2 Å². The summed E-state index contributed by atoms with van der Waals surface area (Å²) in [6.45, 7) is 3.78. The van der Waals surface area contributed by atoms with Crippen LogP contribution in [0.15, 0.2) is 64.2 Å². The van der Waals surface area contributed by atoms with Crippen molar-refractivity contribution in [3.8, 4) is 5.75 Å². The molecule has 0 N–H and O–H groups in total. The fourth-order valence-corrected chi connectivity index (χ4v) is 4.93. The van der Waals surface area contributed by atoms with Gasteiger partial charge in [0.25, 0.3) is 11.5 Å². The molecule has 2 heterocycles. The van der Waals surface area contributed by atoms with Gasteiger partial charge < -0.3 is 14.5 Å². The van der Waals surface area contributed by atoms with Crippen LogP contribution >= 0.6 is 0 Å². The van der Waals surface area contributed by atoms with E-state index in [1.807, 2.05) is 42.3 Å². The lowest BCUT2D eigenvalue weighted by atomic mass is 10.1. The van der Waals surface area contributed by atoms with Gasteiger partial charge in [0.2, 0.25) is 5.75 Å². The minimum absolute atomic E-state index is 0.0365. The minimum Gasteiger partial charge on any atom is -0.411 e. The van der Waals surface area contributed by atoms with Crippen LogP contribution in [-0.4, -0.2) is 57.1 Å². The predicted molar refractivity (Wildman–Crippen MR) is 145 cm³/mol. The van der Waals surface area contributed by atoms with E-state index >= 15 is 0 Å². The van der Waals surface area contributed by atoms with Crippen molar-refractivity contribution in [2.45, 2.75) is 51.6 Å². The molecule has 0 spiro atoms. The molecule has 0 saturated carbocycles. The van der Waals surface area contributed by atoms with Crippen LogP contribution in [0.4, 0.5) is 17.6 Å². The van der Waals surface area contributed by atoms with Gasteiger partial charge in [-0.05, 0) is 50.6 Å². The van der Waals surface area contributed by atoms with Crippen LogP contribution in [0.5, 0.6) is 5.75 Å². The summed E-state index contributed by atoms with van der Waals surface area (Å²) in [6.07, 6.45) is -5.21. The first-order valence-electron chi connectivity index (χ1n) is 13.2. The second-order valence-electron chi connectivity index (χ2n) is 10.5. The molecular weight excluding hydrogens is 560 g/mol. The van der Waals surface area contributed by atoms with Crippen LogP contribution in [0, 0.1) is 5.82 Å². The van der Waals surface area contributed by atoms with Crippen LogP contribution in [-0.2, 0) is 17.9 Å². The maximum Gasteiger partial charge on any atom is 0.491 e. The summed E-state index contributed by atoms with van der Waals surface area (Å²) in [5.74, 6) is -5.33.